The molecule has 0 spiro atoms. The number of hydrogen-bond acceptors (Lipinski definition) is 7. The smallest absolute Gasteiger partial charge is 0.343 e. The summed E-state index contributed by atoms with van der Waals surface area (Å²) in [6.07, 6.45) is 3.77. The van der Waals surface area contributed by atoms with Gasteiger partial charge in [-0.05, 0) is 94.9 Å². The number of carbonyl (C=O) groups is 2. The molecule has 0 bridgehead atoms. The van der Waals surface area contributed by atoms with E-state index in [0.717, 1.165) is 33.4 Å². The summed E-state index contributed by atoms with van der Waals surface area (Å²) in [6, 6.07) is 21.7. The maximum Gasteiger partial charge on any atom is 0.343 e. The van der Waals surface area contributed by atoms with Crippen molar-refractivity contribution in [1.82, 2.24) is 5.32 Å². The summed E-state index contributed by atoms with van der Waals surface area (Å²) in [7, 11) is 4.63. The molecule has 0 atom stereocenters. The summed E-state index contributed by atoms with van der Waals surface area (Å²) in [4.78, 5) is 25.7. The Balaban J connectivity index is 1.49. The highest BCUT2D eigenvalue weighted by molar-refractivity contribution is 6.08. The monoisotopic (exact) mass is 565 g/mol. The number of rotatable bonds is 10. The lowest BCUT2D eigenvalue weighted by atomic mass is 10.00. The van der Waals surface area contributed by atoms with Crippen LogP contribution in [0.4, 0.5) is 0 Å². The third-order valence-corrected chi connectivity index (χ3v) is 7.07. The SMILES string of the molecule is COc1ccc2c(c1)C(CC(=O)NCc1ccco1)=C(C)C2=Cc1cc(OC)c(OC(=O)c2ccccc2)c(OC)c1. The second-order valence-corrected chi connectivity index (χ2v) is 9.62. The van der Waals surface area contributed by atoms with Crippen molar-refractivity contribution in [1.29, 1.82) is 0 Å². The largest absolute Gasteiger partial charge is 0.497 e. The zero-order chi connectivity index (χ0) is 29.6. The molecule has 1 aliphatic rings. The Morgan fingerprint density at radius 1 is 0.857 bits per heavy atom. The molecule has 1 amide bonds. The van der Waals surface area contributed by atoms with Crippen LogP contribution < -0.4 is 24.3 Å². The van der Waals surface area contributed by atoms with Gasteiger partial charge in [-0.1, -0.05) is 24.3 Å². The lowest BCUT2D eigenvalue weighted by Gasteiger charge is -2.15. The molecule has 1 aliphatic carbocycles. The number of amides is 1. The second-order valence-electron chi connectivity index (χ2n) is 9.62. The summed E-state index contributed by atoms with van der Waals surface area (Å²) < 4.78 is 27.7. The van der Waals surface area contributed by atoms with E-state index in [1.165, 1.54) is 14.2 Å². The van der Waals surface area contributed by atoms with Gasteiger partial charge in [-0.2, -0.15) is 0 Å². The van der Waals surface area contributed by atoms with Crippen LogP contribution in [0, 0.1) is 0 Å². The molecule has 4 aromatic rings. The van der Waals surface area contributed by atoms with Crippen molar-refractivity contribution in [2.24, 2.45) is 0 Å². The van der Waals surface area contributed by atoms with Gasteiger partial charge in [0.1, 0.15) is 11.5 Å². The second kappa shape index (κ2) is 12.5. The van der Waals surface area contributed by atoms with E-state index in [9.17, 15) is 9.59 Å². The third kappa shape index (κ3) is 5.93. The zero-order valence-electron chi connectivity index (χ0n) is 23.9. The number of furan rings is 1. The minimum Gasteiger partial charge on any atom is -0.497 e. The predicted molar refractivity (Wildman–Crippen MR) is 160 cm³/mol. The van der Waals surface area contributed by atoms with E-state index in [1.807, 2.05) is 43.3 Å². The fourth-order valence-corrected chi connectivity index (χ4v) is 4.91. The topological polar surface area (TPSA) is 96.2 Å². The van der Waals surface area contributed by atoms with Gasteiger partial charge in [0, 0.05) is 0 Å². The standard InChI is InChI=1S/C34H31NO7/c1-21-27(15-22-16-30(39-3)33(31(17-22)40-4)42-34(37)23-9-6-5-7-10-23)26-13-12-24(38-2)18-29(26)28(21)19-32(36)35-20-25-11-8-14-41-25/h5-18H,19-20H2,1-4H3,(H,35,36). The average molecular weight is 566 g/mol. The molecule has 214 valence electrons. The van der Waals surface area contributed by atoms with Crippen LogP contribution >= 0.6 is 0 Å². The van der Waals surface area contributed by atoms with E-state index in [4.69, 9.17) is 23.4 Å². The highest BCUT2D eigenvalue weighted by Gasteiger charge is 2.27. The van der Waals surface area contributed by atoms with Gasteiger partial charge < -0.3 is 28.7 Å². The number of benzene rings is 3. The number of fused-ring (bicyclic) bond motifs is 1. The van der Waals surface area contributed by atoms with Crippen LogP contribution in [0.3, 0.4) is 0 Å². The number of nitrogens with one attached hydrogen (secondary N) is 1. The van der Waals surface area contributed by atoms with Crippen molar-refractivity contribution < 1.29 is 33.0 Å². The maximum atomic E-state index is 13.0. The van der Waals surface area contributed by atoms with Crippen molar-refractivity contribution >= 4 is 29.1 Å². The average Bonchev–Trinajstić information content (AvgIpc) is 3.63. The van der Waals surface area contributed by atoms with E-state index in [0.29, 0.717) is 35.1 Å². The van der Waals surface area contributed by atoms with Crippen LogP contribution in [0.5, 0.6) is 23.0 Å². The first-order valence-corrected chi connectivity index (χ1v) is 13.3. The van der Waals surface area contributed by atoms with Gasteiger partial charge in [0.05, 0.1) is 46.1 Å². The van der Waals surface area contributed by atoms with Crippen LogP contribution in [0.1, 0.15) is 46.2 Å². The number of methoxy groups -OCH3 is 3. The Labute approximate surface area is 244 Å². The van der Waals surface area contributed by atoms with Gasteiger partial charge in [0.25, 0.3) is 0 Å². The molecular weight excluding hydrogens is 534 g/mol. The lowest BCUT2D eigenvalue weighted by Crippen LogP contribution is -2.22. The molecule has 0 saturated heterocycles. The van der Waals surface area contributed by atoms with E-state index < -0.39 is 5.97 Å². The first-order valence-electron chi connectivity index (χ1n) is 13.3. The van der Waals surface area contributed by atoms with Crippen LogP contribution in [0.25, 0.3) is 17.2 Å². The fourth-order valence-electron chi connectivity index (χ4n) is 4.91. The quantitative estimate of drug-likeness (QED) is 0.172. The number of esters is 1. The summed E-state index contributed by atoms with van der Waals surface area (Å²) in [5.74, 6) is 1.62. The Bertz CT molecular complexity index is 1640. The molecule has 0 unspecified atom stereocenters. The molecule has 3 aromatic carbocycles. The van der Waals surface area contributed by atoms with Crippen LogP contribution in [0.15, 0.2) is 89.0 Å². The zero-order valence-corrected chi connectivity index (χ0v) is 23.9. The Hall–Kier alpha value is -5.24. The van der Waals surface area contributed by atoms with Crippen LogP contribution in [0.2, 0.25) is 0 Å². The van der Waals surface area contributed by atoms with E-state index >= 15 is 0 Å². The molecule has 8 nitrogen and oxygen atoms in total. The normalized spacial score (nSPS) is 13.1. The molecule has 1 N–H and O–H groups in total. The van der Waals surface area contributed by atoms with Crippen molar-refractivity contribution in [3.8, 4) is 23.0 Å². The number of allylic oxidation sites excluding steroid dienone is 2. The number of carbonyl (C=O) groups excluding carboxylic acids is 2. The van der Waals surface area contributed by atoms with E-state index in [-0.39, 0.29) is 18.1 Å². The van der Waals surface area contributed by atoms with Crippen molar-refractivity contribution in [3.63, 3.8) is 0 Å². The van der Waals surface area contributed by atoms with Gasteiger partial charge in [0.2, 0.25) is 11.7 Å². The number of hydrogen-bond donors (Lipinski definition) is 1. The van der Waals surface area contributed by atoms with Crippen LogP contribution in [-0.2, 0) is 11.3 Å². The van der Waals surface area contributed by atoms with Crippen molar-refractivity contribution in [3.05, 3.63) is 113 Å². The van der Waals surface area contributed by atoms with Gasteiger partial charge in [-0.3, -0.25) is 4.79 Å². The Morgan fingerprint density at radius 3 is 2.24 bits per heavy atom. The summed E-state index contributed by atoms with van der Waals surface area (Å²) >= 11 is 0. The Morgan fingerprint density at radius 2 is 1.60 bits per heavy atom. The van der Waals surface area contributed by atoms with Gasteiger partial charge in [-0.15, -0.1) is 0 Å². The Kier molecular flexibility index (Phi) is 8.43. The molecule has 5 rings (SSSR count). The molecule has 0 radical (unpaired) electrons. The molecule has 1 heterocycles. The molecular formula is C34H31NO7. The fraction of sp³-hybridized carbons (Fsp3) is 0.176. The summed E-state index contributed by atoms with van der Waals surface area (Å²) in [5, 5.41) is 2.93. The molecule has 0 aliphatic heterocycles. The molecule has 42 heavy (non-hydrogen) atoms. The first-order chi connectivity index (χ1) is 20.4. The minimum atomic E-state index is -0.522. The predicted octanol–water partition coefficient (Wildman–Crippen LogP) is 6.56. The number of ether oxygens (including phenoxy) is 4. The van der Waals surface area contributed by atoms with E-state index in [1.54, 1.807) is 55.8 Å². The third-order valence-electron chi connectivity index (χ3n) is 7.07. The lowest BCUT2D eigenvalue weighted by molar-refractivity contribution is -0.120. The molecule has 0 saturated carbocycles. The van der Waals surface area contributed by atoms with Gasteiger partial charge in [-0.25, -0.2) is 4.79 Å². The van der Waals surface area contributed by atoms with E-state index in [2.05, 4.69) is 5.32 Å². The van der Waals surface area contributed by atoms with Crippen molar-refractivity contribution in [2.45, 2.75) is 19.9 Å². The van der Waals surface area contributed by atoms with Gasteiger partial charge in [0.15, 0.2) is 11.5 Å². The summed E-state index contributed by atoms with van der Waals surface area (Å²) in [6.45, 7) is 2.31. The maximum absolute atomic E-state index is 13.0. The first kappa shape index (κ1) is 28.3. The van der Waals surface area contributed by atoms with Gasteiger partial charge >= 0.3 is 5.97 Å². The summed E-state index contributed by atoms with van der Waals surface area (Å²) in [5.41, 5.74) is 5.89. The van der Waals surface area contributed by atoms with Crippen molar-refractivity contribution in [2.75, 3.05) is 21.3 Å². The highest BCUT2D eigenvalue weighted by Crippen LogP contribution is 2.46. The minimum absolute atomic E-state index is 0.122. The molecule has 8 heteroatoms. The molecule has 0 fully saturated rings. The molecule has 1 aromatic heterocycles. The van der Waals surface area contributed by atoms with Crippen LogP contribution in [-0.4, -0.2) is 33.2 Å². The highest BCUT2D eigenvalue weighted by atomic mass is 16.6.